The molecule has 0 fully saturated rings. The molecule has 9 rings (SSSR count). The van der Waals surface area contributed by atoms with Gasteiger partial charge in [-0.1, -0.05) is 140 Å². The molecular weight excluding hydrogens is 853 g/mol. The van der Waals surface area contributed by atoms with Crippen LogP contribution in [0.5, 0.6) is 5.88 Å². The minimum absolute atomic E-state index is 0.269. The summed E-state index contributed by atoms with van der Waals surface area (Å²) in [5.41, 5.74) is 8.61. The van der Waals surface area contributed by atoms with E-state index in [4.69, 9.17) is 34.2 Å². The molecular formula is C52H43BrN6O4. The van der Waals surface area contributed by atoms with Gasteiger partial charge >= 0.3 is 5.97 Å². The molecule has 0 N–H and O–H groups in total. The van der Waals surface area contributed by atoms with Crippen molar-refractivity contribution in [1.82, 2.24) is 30.2 Å². The molecule has 0 bridgehead atoms. The van der Waals surface area contributed by atoms with Crippen LogP contribution in [0.15, 0.2) is 167 Å². The smallest absolute Gasteiger partial charge is 0.337 e. The van der Waals surface area contributed by atoms with Gasteiger partial charge in [-0.2, -0.15) is 4.98 Å². The number of rotatable bonds is 14. The fourth-order valence-electron chi connectivity index (χ4n) is 8.26. The topological polar surface area (TPSA) is 118 Å². The number of nitrogens with zero attached hydrogens (tertiary/aromatic N) is 6. The fraction of sp³-hybridized carbons (Fsp3) is 0.154. The molecule has 63 heavy (non-hydrogen) atoms. The van der Waals surface area contributed by atoms with E-state index in [9.17, 15) is 4.79 Å². The van der Waals surface area contributed by atoms with Gasteiger partial charge in [-0.05, 0) is 91.8 Å². The van der Waals surface area contributed by atoms with Gasteiger partial charge in [0.15, 0.2) is 5.82 Å². The molecule has 3 aromatic heterocycles. The number of methoxy groups -OCH3 is 1. The molecule has 0 saturated heterocycles. The zero-order valence-corrected chi connectivity index (χ0v) is 36.6. The van der Waals surface area contributed by atoms with Crippen LogP contribution in [0.1, 0.15) is 68.6 Å². The Morgan fingerprint density at radius 1 is 0.746 bits per heavy atom. The number of aryl methyl sites for hydroxylation is 2. The zero-order valence-electron chi connectivity index (χ0n) is 35.0. The number of aromatic nitrogens is 6. The van der Waals surface area contributed by atoms with Crippen LogP contribution in [0.3, 0.4) is 0 Å². The third-order valence-electron chi connectivity index (χ3n) is 11.3. The van der Waals surface area contributed by atoms with Crippen molar-refractivity contribution in [3.63, 3.8) is 0 Å². The lowest BCUT2D eigenvalue weighted by Gasteiger charge is -2.36. The van der Waals surface area contributed by atoms with Gasteiger partial charge in [-0.25, -0.2) is 14.5 Å². The summed E-state index contributed by atoms with van der Waals surface area (Å²) in [5.74, 6) is 2.13. The van der Waals surface area contributed by atoms with Crippen molar-refractivity contribution in [2.45, 2.75) is 45.3 Å². The number of esters is 1. The Morgan fingerprint density at radius 3 is 1.97 bits per heavy atom. The molecule has 0 aliphatic heterocycles. The lowest BCUT2D eigenvalue weighted by Crippen LogP contribution is -2.39. The van der Waals surface area contributed by atoms with Crippen LogP contribution >= 0.6 is 15.9 Å². The standard InChI is InChI=1S/C52H43BrN6O4/c1-4-16-46-54-34(2)43(31-35-25-28-37(29-26-35)51(60)61-3)50(55-46)62-33-36-27-30-45-44(32-36)47(53)48(63-45)41-23-14-15-24-42(41)49-56-57-58-59(49)52(38-17-8-5-9-18-38,39-19-10-6-11-20-39)40-21-12-7-13-22-40/h5-15,17-30,32H,4,16,31,33H2,1-3H3. The van der Waals surface area contributed by atoms with E-state index in [0.29, 0.717) is 35.0 Å². The van der Waals surface area contributed by atoms with Crippen molar-refractivity contribution in [2.24, 2.45) is 0 Å². The normalized spacial score (nSPS) is 11.5. The second-order valence-electron chi connectivity index (χ2n) is 15.3. The maximum Gasteiger partial charge on any atom is 0.337 e. The van der Waals surface area contributed by atoms with E-state index in [1.54, 1.807) is 12.1 Å². The Morgan fingerprint density at radius 2 is 1.35 bits per heavy atom. The average molecular weight is 896 g/mol. The van der Waals surface area contributed by atoms with Crippen LogP contribution in [0.4, 0.5) is 0 Å². The number of tetrazole rings is 1. The van der Waals surface area contributed by atoms with Gasteiger partial charge < -0.3 is 13.9 Å². The molecule has 6 aromatic carbocycles. The van der Waals surface area contributed by atoms with E-state index < -0.39 is 5.54 Å². The Bertz CT molecular complexity index is 2930. The highest BCUT2D eigenvalue weighted by molar-refractivity contribution is 9.10. The summed E-state index contributed by atoms with van der Waals surface area (Å²) in [6.07, 6.45) is 2.19. The van der Waals surface area contributed by atoms with E-state index in [0.717, 1.165) is 78.7 Å². The summed E-state index contributed by atoms with van der Waals surface area (Å²) < 4.78 is 20.8. The van der Waals surface area contributed by atoms with E-state index in [1.807, 2.05) is 115 Å². The molecule has 11 heteroatoms. The average Bonchev–Trinajstić information content (AvgIpc) is 3.95. The van der Waals surface area contributed by atoms with Crippen molar-refractivity contribution in [1.29, 1.82) is 0 Å². The third-order valence-corrected chi connectivity index (χ3v) is 12.1. The third kappa shape index (κ3) is 7.92. The number of carbonyl (C=O) groups excluding carboxylic acids is 1. The minimum atomic E-state index is -0.926. The molecule has 3 heterocycles. The van der Waals surface area contributed by atoms with Crippen LogP contribution in [-0.4, -0.2) is 43.3 Å². The number of carbonyl (C=O) groups is 1. The molecule has 10 nitrogen and oxygen atoms in total. The van der Waals surface area contributed by atoms with E-state index in [-0.39, 0.29) is 12.6 Å². The molecule has 0 aliphatic carbocycles. The molecule has 0 atom stereocenters. The first-order valence-electron chi connectivity index (χ1n) is 20.8. The predicted molar refractivity (Wildman–Crippen MR) is 246 cm³/mol. The molecule has 0 spiro atoms. The largest absolute Gasteiger partial charge is 0.472 e. The van der Waals surface area contributed by atoms with Crippen molar-refractivity contribution < 1.29 is 18.7 Å². The van der Waals surface area contributed by atoms with Gasteiger partial charge in [-0.15, -0.1) is 5.10 Å². The quantitative estimate of drug-likeness (QED) is 0.0776. The first-order valence-corrected chi connectivity index (χ1v) is 21.6. The molecule has 0 saturated carbocycles. The van der Waals surface area contributed by atoms with Crippen molar-refractivity contribution in [3.05, 3.63) is 213 Å². The van der Waals surface area contributed by atoms with Crippen LogP contribution in [-0.2, 0) is 29.7 Å². The summed E-state index contributed by atoms with van der Waals surface area (Å²) in [4.78, 5) is 21.7. The number of hydrogen-bond donors (Lipinski definition) is 0. The number of hydrogen-bond acceptors (Lipinski definition) is 9. The highest BCUT2D eigenvalue weighted by Gasteiger charge is 2.42. The van der Waals surface area contributed by atoms with Crippen LogP contribution in [0.2, 0.25) is 0 Å². The van der Waals surface area contributed by atoms with E-state index >= 15 is 0 Å². The summed E-state index contributed by atoms with van der Waals surface area (Å²) in [6.45, 7) is 4.37. The lowest BCUT2D eigenvalue weighted by molar-refractivity contribution is 0.0600. The lowest BCUT2D eigenvalue weighted by atomic mass is 9.77. The first kappa shape index (κ1) is 41.1. The second kappa shape index (κ2) is 18.0. The Hall–Kier alpha value is -7.24. The summed E-state index contributed by atoms with van der Waals surface area (Å²) in [6, 6.07) is 52.5. The predicted octanol–water partition coefficient (Wildman–Crippen LogP) is 11.4. The van der Waals surface area contributed by atoms with Crippen molar-refractivity contribution in [2.75, 3.05) is 7.11 Å². The second-order valence-corrected chi connectivity index (χ2v) is 16.0. The monoisotopic (exact) mass is 894 g/mol. The molecule has 0 aliphatic rings. The summed E-state index contributed by atoms with van der Waals surface area (Å²) in [5, 5.41) is 14.8. The SMILES string of the molecule is CCCc1nc(C)c(Cc2ccc(C(=O)OC)cc2)c(OCc2ccc3oc(-c4ccccc4-c4nnnn4C(c4ccccc4)(c4ccccc4)c4ccccc4)c(Br)c3c2)n1. The van der Waals surface area contributed by atoms with Gasteiger partial charge in [0.05, 0.1) is 17.1 Å². The number of furan rings is 1. The number of benzene rings is 6. The molecule has 0 unspecified atom stereocenters. The maximum absolute atomic E-state index is 12.1. The number of ether oxygens (including phenoxy) is 2. The minimum Gasteiger partial charge on any atom is -0.472 e. The Labute approximate surface area is 373 Å². The highest BCUT2D eigenvalue weighted by Crippen LogP contribution is 2.45. The fourth-order valence-corrected chi connectivity index (χ4v) is 8.86. The summed E-state index contributed by atoms with van der Waals surface area (Å²) in [7, 11) is 1.38. The van der Waals surface area contributed by atoms with E-state index in [1.165, 1.54) is 7.11 Å². The van der Waals surface area contributed by atoms with Crippen molar-refractivity contribution in [3.8, 4) is 28.6 Å². The Balaban J connectivity index is 1.08. The van der Waals surface area contributed by atoms with Gasteiger partial charge in [0, 0.05) is 40.6 Å². The molecule has 0 radical (unpaired) electrons. The van der Waals surface area contributed by atoms with Crippen molar-refractivity contribution >= 4 is 32.9 Å². The number of halogens is 1. The summed E-state index contributed by atoms with van der Waals surface area (Å²) >= 11 is 3.95. The van der Waals surface area contributed by atoms with Crippen LogP contribution in [0.25, 0.3) is 33.7 Å². The maximum atomic E-state index is 12.1. The van der Waals surface area contributed by atoms with E-state index in [2.05, 4.69) is 70.5 Å². The number of fused-ring (bicyclic) bond motifs is 1. The van der Waals surface area contributed by atoms with Crippen LogP contribution < -0.4 is 4.74 Å². The molecule has 0 amide bonds. The van der Waals surface area contributed by atoms with Gasteiger partial charge in [-0.3, -0.25) is 0 Å². The zero-order chi connectivity index (χ0) is 43.3. The molecule has 312 valence electrons. The molecule has 9 aromatic rings. The van der Waals surface area contributed by atoms with Gasteiger partial charge in [0.25, 0.3) is 0 Å². The van der Waals surface area contributed by atoms with Gasteiger partial charge in [0.1, 0.15) is 29.3 Å². The Kier molecular flexibility index (Phi) is 11.8. The van der Waals surface area contributed by atoms with Gasteiger partial charge in [0.2, 0.25) is 5.88 Å². The highest BCUT2D eigenvalue weighted by atomic mass is 79.9. The first-order chi connectivity index (χ1) is 30.9. The van der Waals surface area contributed by atoms with Crippen LogP contribution in [0, 0.1) is 6.92 Å².